The molecule has 3 rings (SSSR count). The van der Waals surface area contributed by atoms with E-state index in [-0.39, 0.29) is 11.2 Å². The number of hydrogen-bond donors (Lipinski definition) is 1. The Balaban J connectivity index is 1.66. The summed E-state index contributed by atoms with van der Waals surface area (Å²) in [5.74, 6) is 0.809. The van der Waals surface area contributed by atoms with Crippen LogP contribution in [0.2, 0.25) is 0 Å². The summed E-state index contributed by atoms with van der Waals surface area (Å²) in [6.07, 6.45) is 2.07. The second-order valence-electron chi connectivity index (χ2n) is 5.80. The van der Waals surface area contributed by atoms with Gasteiger partial charge in [-0.3, -0.25) is 4.79 Å². The molecule has 0 aliphatic heterocycles. The molecule has 3 aromatic rings. The van der Waals surface area contributed by atoms with E-state index in [1.165, 1.54) is 17.3 Å². The minimum absolute atomic E-state index is 0.00454. The summed E-state index contributed by atoms with van der Waals surface area (Å²) >= 11 is 1.53. The fraction of sp³-hybridized carbons (Fsp3) is 0.250. The van der Waals surface area contributed by atoms with Crippen molar-refractivity contribution in [2.45, 2.75) is 30.5 Å². The number of carbonyl (C=O) groups is 1. The fourth-order valence-electron chi connectivity index (χ4n) is 2.71. The Kier molecular flexibility index (Phi) is 5.34. The van der Waals surface area contributed by atoms with E-state index in [1.54, 1.807) is 7.11 Å². The number of thioether (sulfide) groups is 1. The lowest BCUT2D eigenvalue weighted by atomic mass is 10.2. The van der Waals surface area contributed by atoms with Gasteiger partial charge in [-0.25, -0.2) is 0 Å². The van der Waals surface area contributed by atoms with Crippen molar-refractivity contribution in [1.82, 2.24) is 4.57 Å². The number of rotatable bonds is 6. The van der Waals surface area contributed by atoms with Crippen molar-refractivity contribution in [1.29, 1.82) is 0 Å². The van der Waals surface area contributed by atoms with E-state index < -0.39 is 0 Å². The number of ether oxygens (including phenoxy) is 1. The van der Waals surface area contributed by atoms with Crippen molar-refractivity contribution >= 4 is 34.3 Å². The van der Waals surface area contributed by atoms with Crippen LogP contribution < -0.4 is 10.1 Å². The van der Waals surface area contributed by atoms with Crippen molar-refractivity contribution in [2.75, 3.05) is 12.4 Å². The molecule has 25 heavy (non-hydrogen) atoms. The van der Waals surface area contributed by atoms with E-state index in [4.69, 9.17) is 4.74 Å². The van der Waals surface area contributed by atoms with E-state index >= 15 is 0 Å². The Bertz CT molecular complexity index is 871. The zero-order chi connectivity index (χ0) is 17.8. The summed E-state index contributed by atoms with van der Waals surface area (Å²) in [4.78, 5) is 13.5. The molecule has 2 aromatic carbocycles. The fourth-order valence-corrected chi connectivity index (χ4v) is 3.58. The Hall–Kier alpha value is -2.40. The number of aryl methyl sites for hydroxylation is 1. The van der Waals surface area contributed by atoms with E-state index in [0.717, 1.165) is 28.3 Å². The molecular weight excluding hydrogens is 332 g/mol. The minimum Gasteiger partial charge on any atom is -0.497 e. The zero-order valence-electron chi connectivity index (χ0n) is 14.7. The summed E-state index contributed by atoms with van der Waals surface area (Å²) in [6.45, 7) is 4.97. The lowest BCUT2D eigenvalue weighted by molar-refractivity contribution is -0.115. The third-order valence-electron chi connectivity index (χ3n) is 4.12. The molecule has 0 saturated carbocycles. The maximum atomic E-state index is 12.5. The molecule has 1 N–H and O–H groups in total. The second kappa shape index (κ2) is 7.66. The number of nitrogens with one attached hydrogen (secondary N) is 1. The number of methoxy groups -OCH3 is 1. The summed E-state index contributed by atoms with van der Waals surface area (Å²) in [5, 5.41) is 3.95. The molecule has 0 radical (unpaired) electrons. The highest BCUT2D eigenvalue weighted by molar-refractivity contribution is 8.00. The summed E-state index contributed by atoms with van der Waals surface area (Å²) in [6, 6.07) is 15.8. The van der Waals surface area contributed by atoms with Gasteiger partial charge in [-0.1, -0.05) is 0 Å². The van der Waals surface area contributed by atoms with Crippen LogP contribution in [0.5, 0.6) is 5.75 Å². The highest BCUT2D eigenvalue weighted by atomic mass is 32.2. The Morgan fingerprint density at radius 1 is 1.20 bits per heavy atom. The monoisotopic (exact) mass is 354 g/mol. The molecule has 0 saturated heterocycles. The van der Waals surface area contributed by atoms with E-state index in [1.807, 2.05) is 43.3 Å². The van der Waals surface area contributed by atoms with Crippen molar-refractivity contribution in [3.8, 4) is 5.75 Å². The summed E-state index contributed by atoms with van der Waals surface area (Å²) < 4.78 is 7.34. The van der Waals surface area contributed by atoms with Crippen LogP contribution in [0.1, 0.15) is 13.8 Å². The Labute approximate surface area is 152 Å². The van der Waals surface area contributed by atoms with Crippen LogP contribution in [0.4, 0.5) is 5.69 Å². The van der Waals surface area contributed by atoms with Crippen LogP contribution in [0.25, 0.3) is 10.9 Å². The first-order valence-electron chi connectivity index (χ1n) is 8.31. The van der Waals surface area contributed by atoms with Gasteiger partial charge in [0.2, 0.25) is 5.91 Å². The molecule has 1 aromatic heterocycles. The molecule has 1 heterocycles. The first-order chi connectivity index (χ1) is 12.1. The first-order valence-corrected chi connectivity index (χ1v) is 9.19. The number of amides is 1. The standard InChI is InChI=1S/C20H22N2O2S/c1-4-22-12-11-15-13-16(5-10-19(15)22)21-20(23)14(2)25-18-8-6-17(24-3)7-9-18/h5-14H,4H2,1-3H3,(H,21,23). The van der Waals surface area contributed by atoms with Gasteiger partial charge >= 0.3 is 0 Å². The molecule has 0 fully saturated rings. The average molecular weight is 354 g/mol. The van der Waals surface area contributed by atoms with Gasteiger partial charge in [0, 0.05) is 34.2 Å². The SMILES string of the molecule is CCn1ccc2cc(NC(=O)C(C)Sc3ccc(OC)cc3)ccc21. The van der Waals surface area contributed by atoms with Crippen molar-refractivity contribution in [3.63, 3.8) is 0 Å². The predicted molar refractivity (Wildman–Crippen MR) is 105 cm³/mol. The molecule has 0 spiro atoms. The van der Waals surface area contributed by atoms with Gasteiger partial charge in [-0.2, -0.15) is 0 Å². The molecular formula is C20H22N2O2S. The van der Waals surface area contributed by atoms with Gasteiger partial charge in [0.15, 0.2) is 0 Å². The number of hydrogen-bond acceptors (Lipinski definition) is 3. The third-order valence-corrected chi connectivity index (χ3v) is 5.23. The summed E-state index contributed by atoms with van der Waals surface area (Å²) in [5.41, 5.74) is 2.01. The highest BCUT2D eigenvalue weighted by Crippen LogP contribution is 2.27. The topological polar surface area (TPSA) is 43.3 Å². The zero-order valence-corrected chi connectivity index (χ0v) is 15.5. The van der Waals surface area contributed by atoms with E-state index in [2.05, 4.69) is 35.1 Å². The third kappa shape index (κ3) is 3.99. The Morgan fingerprint density at radius 3 is 2.64 bits per heavy atom. The van der Waals surface area contributed by atoms with Gasteiger partial charge in [0.05, 0.1) is 12.4 Å². The average Bonchev–Trinajstić information content (AvgIpc) is 3.04. The number of anilines is 1. The van der Waals surface area contributed by atoms with Gasteiger partial charge in [-0.05, 0) is 62.4 Å². The molecule has 130 valence electrons. The van der Waals surface area contributed by atoms with Crippen LogP contribution >= 0.6 is 11.8 Å². The lowest BCUT2D eigenvalue weighted by Gasteiger charge is -2.12. The predicted octanol–water partition coefficient (Wildman–Crippen LogP) is 4.79. The smallest absolute Gasteiger partial charge is 0.237 e. The van der Waals surface area contributed by atoms with Gasteiger partial charge in [0.1, 0.15) is 5.75 Å². The molecule has 1 amide bonds. The van der Waals surface area contributed by atoms with Crippen molar-refractivity contribution < 1.29 is 9.53 Å². The molecule has 1 unspecified atom stereocenters. The second-order valence-corrected chi connectivity index (χ2v) is 7.21. The molecule has 0 aliphatic carbocycles. The molecule has 1 atom stereocenters. The normalized spacial score (nSPS) is 12.1. The van der Waals surface area contributed by atoms with Crippen LogP contribution in [-0.4, -0.2) is 22.8 Å². The molecule has 0 bridgehead atoms. The van der Waals surface area contributed by atoms with Gasteiger partial charge in [-0.15, -0.1) is 11.8 Å². The number of benzene rings is 2. The number of carbonyl (C=O) groups excluding carboxylic acids is 1. The molecule has 5 heteroatoms. The molecule has 0 aliphatic rings. The van der Waals surface area contributed by atoms with Crippen LogP contribution in [0.3, 0.4) is 0 Å². The van der Waals surface area contributed by atoms with Crippen molar-refractivity contribution in [2.24, 2.45) is 0 Å². The highest BCUT2D eigenvalue weighted by Gasteiger charge is 2.15. The Morgan fingerprint density at radius 2 is 1.96 bits per heavy atom. The molecule has 4 nitrogen and oxygen atoms in total. The number of fused-ring (bicyclic) bond motifs is 1. The maximum Gasteiger partial charge on any atom is 0.237 e. The number of aromatic nitrogens is 1. The van der Waals surface area contributed by atoms with Crippen LogP contribution in [0.15, 0.2) is 59.6 Å². The van der Waals surface area contributed by atoms with Crippen LogP contribution in [-0.2, 0) is 11.3 Å². The van der Waals surface area contributed by atoms with Gasteiger partial charge < -0.3 is 14.6 Å². The van der Waals surface area contributed by atoms with Crippen molar-refractivity contribution in [3.05, 3.63) is 54.7 Å². The largest absolute Gasteiger partial charge is 0.497 e. The number of nitrogens with zero attached hydrogens (tertiary/aromatic N) is 1. The quantitative estimate of drug-likeness (QED) is 0.647. The summed E-state index contributed by atoms with van der Waals surface area (Å²) in [7, 11) is 1.64. The van der Waals surface area contributed by atoms with E-state index in [9.17, 15) is 4.79 Å². The van der Waals surface area contributed by atoms with Gasteiger partial charge in [0.25, 0.3) is 0 Å². The maximum absolute atomic E-state index is 12.5. The minimum atomic E-state index is -0.190. The van der Waals surface area contributed by atoms with Crippen LogP contribution in [0, 0.1) is 0 Å². The van der Waals surface area contributed by atoms with E-state index in [0.29, 0.717) is 0 Å². The first kappa shape index (κ1) is 17.4. The lowest BCUT2D eigenvalue weighted by Crippen LogP contribution is -2.22.